The third-order valence-corrected chi connectivity index (χ3v) is 2.48. The zero-order chi connectivity index (χ0) is 12.0. The molecule has 88 valence electrons. The smallest absolute Gasteiger partial charge is 0.207 e. The van der Waals surface area contributed by atoms with Crippen LogP contribution >= 0.6 is 0 Å². The third-order valence-electron chi connectivity index (χ3n) is 2.48. The molecule has 1 unspecified atom stereocenters. The van der Waals surface area contributed by atoms with Crippen molar-refractivity contribution >= 4 is 6.41 Å². The second-order valence-corrected chi connectivity index (χ2v) is 3.54. The number of nitrogens with one attached hydrogen (secondary N) is 1. The zero-order valence-electron chi connectivity index (χ0n) is 9.82. The quantitative estimate of drug-likeness (QED) is 0.744. The van der Waals surface area contributed by atoms with E-state index in [-0.39, 0.29) is 5.92 Å². The van der Waals surface area contributed by atoms with Gasteiger partial charge in [0.25, 0.3) is 0 Å². The largest absolute Gasteiger partial charge is 0.493 e. The molecule has 16 heavy (non-hydrogen) atoms. The molecule has 0 aliphatic heterocycles. The number of amides is 1. The summed E-state index contributed by atoms with van der Waals surface area (Å²) in [6, 6.07) is 5.76. The van der Waals surface area contributed by atoms with Gasteiger partial charge in [0.05, 0.1) is 14.2 Å². The summed E-state index contributed by atoms with van der Waals surface area (Å²) in [7, 11) is 3.21. The summed E-state index contributed by atoms with van der Waals surface area (Å²) in [4.78, 5) is 10.2. The molecule has 1 aromatic rings. The summed E-state index contributed by atoms with van der Waals surface area (Å²) < 4.78 is 10.4. The fraction of sp³-hybridized carbons (Fsp3) is 0.417. The fourth-order valence-electron chi connectivity index (χ4n) is 1.50. The molecule has 0 aliphatic rings. The lowest BCUT2D eigenvalue weighted by Gasteiger charge is -2.14. The van der Waals surface area contributed by atoms with E-state index in [2.05, 4.69) is 5.32 Å². The van der Waals surface area contributed by atoms with Crippen LogP contribution < -0.4 is 14.8 Å². The minimum absolute atomic E-state index is 0.241. The SMILES string of the molecule is COc1ccc(C(C)CNC=O)cc1OC. The molecule has 0 fully saturated rings. The second-order valence-electron chi connectivity index (χ2n) is 3.54. The van der Waals surface area contributed by atoms with Crippen molar-refractivity contribution in [1.82, 2.24) is 5.32 Å². The van der Waals surface area contributed by atoms with Crippen LogP contribution in [0.2, 0.25) is 0 Å². The molecule has 0 saturated carbocycles. The van der Waals surface area contributed by atoms with Crippen LogP contribution in [0.5, 0.6) is 11.5 Å². The highest BCUT2D eigenvalue weighted by molar-refractivity contribution is 5.47. The topological polar surface area (TPSA) is 47.6 Å². The van der Waals surface area contributed by atoms with Gasteiger partial charge in [-0.2, -0.15) is 0 Å². The Morgan fingerprint density at radius 3 is 2.56 bits per heavy atom. The average Bonchev–Trinajstić information content (AvgIpc) is 2.34. The Bertz CT molecular complexity index is 352. The molecule has 0 spiro atoms. The third kappa shape index (κ3) is 2.89. The first-order chi connectivity index (χ1) is 7.72. The van der Waals surface area contributed by atoms with Crippen molar-refractivity contribution in [3.63, 3.8) is 0 Å². The van der Waals surface area contributed by atoms with Crippen LogP contribution in [0.4, 0.5) is 0 Å². The van der Waals surface area contributed by atoms with E-state index in [0.29, 0.717) is 24.5 Å². The molecular weight excluding hydrogens is 206 g/mol. The summed E-state index contributed by atoms with van der Waals surface area (Å²) in [5, 5.41) is 2.66. The van der Waals surface area contributed by atoms with Gasteiger partial charge in [0.2, 0.25) is 6.41 Å². The number of hydrogen-bond donors (Lipinski definition) is 1. The lowest BCUT2D eigenvalue weighted by Crippen LogP contribution is -2.17. The van der Waals surface area contributed by atoms with Crippen LogP contribution in [0.15, 0.2) is 18.2 Å². The first-order valence-corrected chi connectivity index (χ1v) is 5.11. The molecule has 0 bridgehead atoms. The van der Waals surface area contributed by atoms with E-state index >= 15 is 0 Å². The lowest BCUT2D eigenvalue weighted by molar-refractivity contribution is -0.109. The van der Waals surface area contributed by atoms with E-state index in [9.17, 15) is 4.79 Å². The highest BCUT2D eigenvalue weighted by Crippen LogP contribution is 2.30. The van der Waals surface area contributed by atoms with Gasteiger partial charge in [-0.1, -0.05) is 13.0 Å². The molecule has 4 heteroatoms. The van der Waals surface area contributed by atoms with Crippen LogP contribution in [0.1, 0.15) is 18.4 Å². The molecule has 0 aromatic heterocycles. The van der Waals surface area contributed by atoms with Gasteiger partial charge in [0, 0.05) is 6.54 Å². The molecule has 0 heterocycles. The van der Waals surface area contributed by atoms with E-state index in [1.807, 2.05) is 25.1 Å². The molecule has 0 aliphatic carbocycles. The van der Waals surface area contributed by atoms with Gasteiger partial charge >= 0.3 is 0 Å². The first kappa shape index (κ1) is 12.4. The van der Waals surface area contributed by atoms with Gasteiger partial charge in [-0.3, -0.25) is 4.79 Å². The monoisotopic (exact) mass is 223 g/mol. The maximum Gasteiger partial charge on any atom is 0.207 e. The zero-order valence-corrected chi connectivity index (χ0v) is 9.82. The van der Waals surface area contributed by atoms with Gasteiger partial charge in [-0.05, 0) is 23.6 Å². The summed E-state index contributed by atoms with van der Waals surface area (Å²) in [5.74, 6) is 1.66. The highest BCUT2D eigenvalue weighted by atomic mass is 16.5. The summed E-state index contributed by atoms with van der Waals surface area (Å²) >= 11 is 0. The van der Waals surface area contributed by atoms with Crippen molar-refractivity contribution in [2.45, 2.75) is 12.8 Å². The molecule has 1 amide bonds. The van der Waals surface area contributed by atoms with Crippen molar-refractivity contribution in [1.29, 1.82) is 0 Å². The van der Waals surface area contributed by atoms with Gasteiger partial charge in [0.1, 0.15) is 0 Å². The van der Waals surface area contributed by atoms with Crippen LogP contribution in [0, 0.1) is 0 Å². The van der Waals surface area contributed by atoms with Gasteiger partial charge < -0.3 is 14.8 Å². The van der Waals surface area contributed by atoms with Crippen molar-refractivity contribution in [2.24, 2.45) is 0 Å². The molecule has 4 nitrogen and oxygen atoms in total. The van der Waals surface area contributed by atoms with Crippen LogP contribution in [-0.2, 0) is 4.79 Å². The van der Waals surface area contributed by atoms with Crippen LogP contribution in [-0.4, -0.2) is 27.2 Å². The standard InChI is InChI=1S/C12H17NO3/c1-9(7-13-8-14)10-4-5-11(15-2)12(6-10)16-3/h4-6,8-9H,7H2,1-3H3,(H,13,14). The molecule has 0 saturated heterocycles. The normalized spacial score (nSPS) is 11.7. The van der Waals surface area contributed by atoms with Crippen LogP contribution in [0.3, 0.4) is 0 Å². The Morgan fingerprint density at radius 1 is 1.31 bits per heavy atom. The van der Waals surface area contributed by atoms with E-state index in [1.54, 1.807) is 14.2 Å². The van der Waals surface area contributed by atoms with Gasteiger partial charge in [0.15, 0.2) is 11.5 Å². The molecular formula is C12H17NO3. The molecule has 1 rings (SSSR count). The lowest BCUT2D eigenvalue weighted by atomic mass is 10.0. The number of rotatable bonds is 6. The Hall–Kier alpha value is -1.71. The maximum absolute atomic E-state index is 10.2. The Kier molecular flexibility index (Phi) is 4.64. The minimum atomic E-state index is 0.241. The predicted octanol–water partition coefficient (Wildman–Crippen LogP) is 1.55. The molecule has 1 N–H and O–H groups in total. The Labute approximate surface area is 95.6 Å². The maximum atomic E-state index is 10.2. The molecule has 0 radical (unpaired) electrons. The van der Waals surface area contributed by atoms with Gasteiger partial charge in [-0.25, -0.2) is 0 Å². The van der Waals surface area contributed by atoms with E-state index < -0.39 is 0 Å². The second kappa shape index (κ2) is 6.00. The summed E-state index contributed by atoms with van der Waals surface area (Å²) in [5.41, 5.74) is 1.10. The number of carbonyl (C=O) groups excluding carboxylic acids is 1. The minimum Gasteiger partial charge on any atom is -0.493 e. The number of benzene rings is 1. The summed E-state index contributed by atoms with van der Waals surface area (Å²) in [6.45, 7) is 2.65. The van der Waals surface area contributed by atoms with E-state index in [0.717, 1.165) is 5.56 Å². The van der Waals surface area contributed by atoms with Gasteiger partial charge in [-0.15, -0.1) is 0 Å². The number of hydrogen-bond acceptors (Lipinski definition) is 3. The number of ether oxygens (including phenoxy) is 2. The van der Waals surface area contributed by atoms with Crippen molar-refractivity contribution in [3.05, 3.63) is 23.8 Å². The average molecular weight is 223 g/mol. The van der Waals surface area contributed by atoms with Crippen molar-refractivity contribution < 1.29 is 14.3 Å². The van der Waals surface area contributed by atoms with E-state index in [1.165, 1.54) is 0 Å². The number of methoxy groups -OCH3 is 2. The Morgan fingerprint density at radius 2 is 2.00 bits per heavy atom. The summed E-state index contributed by atoms with van der Waals surface area (Å²) in [6.07, 6.45) is 0.706. The first-order valence-electron chi connectivity index (χ1n) is 5.11. The molecule has 1 atom stereocenters. The highest BCUT2D eigenvalue weighted by Gasteiger charge is 2.09. The van der Waals surface area contributed by atoms with Crippen molar-refractivity contribution in [2.75, 3.05) is 20.8 Å². The molecule has 1 aromatic carbocycles. The predicted molar refractivity (Wildman–Crippen MR) is 62.0 cm³/mol. The Balaban J connectivity index is 2.85. The van der Waals surface area contributed by atoms with Crippen LogP contribution in [0.25, 0.3) is 0 Å². The number of carbonyl (C=O) groups is 1. The fourth-order valence-corrected chi connectivity index (χ4v) is 1.50. The van der Waals surface area contributed by atoms with E-state index in [4.69, 9.17) is 9.47 Å². The van der Waals surface area contributed by atoms with Crippen molar-refractivity contribution in [3.8, 4) is 11.5 Å².